The van der Waals surface area contributed by atoms with E-state index in [2.05, 4.69) is 15.0 Å². The molecule has 0 aliphatic carbocycles. The van der Waals surface area contributed by atoms with Crippen molar-refractivity contribution in [2.75, 3.05) is 25.1 Å². The lowest BCUT2D eigenvalue weighted by Gasteiger charge is -2.13. The Kier molecular flexibility index (Phi) is 5.15. The molecule has 1 aliphatic heterocycles. The third-order valence-electron chi connectivity index (χ3n) is 3.39. The van der Waals surface area contributed by atoms with Gasteiger partial charge in [0, 0.05) is 24.4 Å². The first-order valence-corrected chi connectivity index (χ1v) is 7.78. The molecule has 26 heavy (non-hydrogen) atoms. The third kappa shape index (κ3) is 4.56. The fourth-order valence-electron chi connectivity index (χ4n) is 2.27. The standard InChI is InChI=1S/C17H15F3N2O4/c18-17(19,20)10-26-16-12(3-1-6-21-16)15(23)22-11-4-5-13-14(9-11)25-8-2-7-24-13/h1,3-6,9H,2,7-8,10H2,(H,22,23). The first-order chi connectivity index (χ1) is 12.4. The molecule has 0 radical (unpaired) electrons. The van der Waals surface area contributed by atoms with Gasteiger partial charge in [-0.2, -0.15) is 13.2 Å². The van der Waals surface area contributed by atoms with E-state index in [4.69, 9.17) is 9.47 Å². The molecule has 0 spiro atoms. The molecule has 1 aromatic heterocycles. The van der Waals surface area contributed by atoms with E-state index in [1.54, 1.807) is 18.2 Å². The summed E-state index contributed by atoms with van der Waals surface area (Å²) < 4.78 is 52.7. The number of anilines is 1. The van der Waals surface area contributed by atoms with Gasteiger partial charge in [0.2, 0.25) is 5.88 Å². The number of amides is 1. The monoisotopic (exact) mass is 368 g/mol. The molecule has 1 aromatic carbocycles. The number of nitrogens with one attached hydrogen (secondary N) is 1. The Morgan fingerprint density at radius 3 is 2.73 bits per heavy atom. The van der Waals surface area contributed by atoms with E-state index in [0.717, 1.165) is 6.42 Å². The number of hydrogen-bond acceptors (Lipinski definition) is 5. The van der Waals surface area contributed by atoms with E-state index in [-0.39, 0.29) is 5.56 Å². The molecule has 2 aromatic rings. The molecule has 1 aliphatic rings. The minimum Gasteiger partial charge on any atom is -0.490 e. The smallest absolute Gasteiger partial charge is 0.422 e. The molecule has 0 atom stereocenters. The number of fused-ring (bicyclic) bond motifs is 1. The summed E-state index contributed by atoms with van der Waals surface area (Å²) >= 11 is 0. The zero-order valence-electron chi connectivity index (χ0n) is 13.5. The molecule has 9 heteroatoms. The summed E-state index contributed by atoms with van der Waals surface area (Å²) in [5, 5.41) is 2.59. The normalized spacial score (nSPS) is 13.7. The van der Waals surface area contributed by atoms with Gasteiger partial charge < -0.3 is 19.5 Å². The summed E-state index contributed by atoms with van der Waals surface area (Å²) in [6.07, 6.45) is -2.54. The predicted octanol–water partition coefficient (Wildman–Crippen LogP) is 3.44. The van der Waals surface area contributed by atoms with Crippen molar-refractivity contribution in [3.63, 3.8) is 0 Å². The lowest BCUT2D eigenvalue weighted by atomic mass is 10.2. The number of alkyl halides is 3. The second-order valence-corrected chi connectivity index (χ2v) is 5.43. The summed E-state index contributed by atoms with van der Waals surface area (Å²) in [6, 6.07) is 7.62. The number of hydrogen-bond donors (Lipinski definition) is 1. The molecule has 0 saturated heterocycles. The average Bonchev–Trinajstić information content (AvgIpc) is 2.84. The Morgan fingerprint density at radius 2 is 1.96 bits per heavy atom. The first kappa shape index (κ1) is 17.8. The van der Waals surface area contributed by atoms with Crippen molar-refractivity contribution in [1.29, 1.82) is 0 Å². The van der Waals surface area contributed by atoms with Crippen LogP contribution in [0.5, 0.6) is 17.4 Å². The number of carbonyl (C=O) groups is 1. The zero-order chi connectivity index (χ0) is 18.6. The van der Waals surface area contributed by atoms with Gasteiger partial charge in [-0.3, -0.25) is 4.79 Å². The Labute approximate surface area is 146 Å². The van der Waals surface area contributed by atoms with Crippen LogP contribution in [0, 0.1) is 0 Å². The maximum atomic E-state index is 12.4. The van der Waals surface area contributed by atoms with Crippen LogP contribution >= 0.6 is 0 Å². The van der Waals surface area contributed by atoms with Crippen LogP contribution in [0.4, 0.5) is 18.9 Å². The maximum absolute atomic E-state index is 12.4. The van der Waals surface area contributed by atoms with Crippen LogP contribution in [-0.4, -0.2) is 36.9 Å². The number of nitrogens with zero attached hydrogens (tertiary/aromatic N) is 1. The molecule has 6 nitrogen and oxygen atoms in total. The average molecular weight is 368 g/mol. The summed E-state index contributed by atoms with van der Waals surface area (Å²) in [6.45, 7) is -0.509. The summed E-state index contributed by atoms with van der Waals surface area (Å²) in [4.78, 5) is 16.1. The number of ether oxygens (including phenoxy) is 3. The van der Waals surface area contributed by atoms with Crippen molar-refractivity contribution in [3.05, 3.63) is 42.1 Å². The number of halogens is 3. The Hall–Kier alpha value is -2.97. The molecule has 1 N–H and O–H groups in total. The lowest BCUT2D eigenvalue weighted by molar-refractivity contribution is -0.154. The number of aromatic nitrogens is 1. The highest BCUT2D eigenvalue weighted by Crippen LogP contribution is 2.32. The second kappa shape index (κ2) is 7.51. The van der Waals surface area contributed by atoms with Gasteiger partial charge in [0.1, 0.15) is 5.56 Å². The van der Waals surface area contributed by atoms with Crippen LogP contribution in [0.25, 0.3) is 0 Å². The molecule has 0 unspecified atom stereocenters. The summed E-state index contributed by atoms with van der Waals surface area (Å²) in [5.41, 5.74) is 0.300. The highest BCUT2D eigenvalue weighted by Gasteiger charge is 2.29. The molecule has 138 valence electrons. The van der Waals surface area contributed by atoms with Crippen molar-refractivity contribution >= 4 is 11.6 Å². The summed E-state index contributed by atoms with van der Waals surface area (Å²) in [5.74, 6) is 0.0116. The van der Waals surface area contributed by atoms with E-state index in [9.17, 15) is 18.0 Å². The summed E-state index contributed by atoms with van der Waals surface area (Å²) in [7, 11) is 0. The van der Waals surface area contributed by atoms with Gasteiger partial charge in [-0.1, -0.05) is 0 Å². The van der Waals surface area contributed by atoms with Crippen LogP contribution in [-0.2, 0) is 0 Å². The highest BCUT2D eigenvalue weighted by atomic mass is 19.4. The molecule has 3 rings (SSSR count). The predicted molar refractivity (Wildman–Crippen MR) is 85.8 cm³/mol. The van der Waals surface area contributed by atoms with Crippen LogP contribution in [0.15, 0.2) is 36.5 Å². The molecular formula is C17H15F3N2O4. The van der Waals surface area contributed by atoms with E-state index >= 15 is 0 Å². The van der Waals surface area contributed by atoms with Crippen molar-refractivity contribution in [2.24, 2.45) is 0 Å². The minimum atomic E-state index is -4.53. The molecule has 0 saturated carbocycles. The largest absolute Gasteiger partial charge is 0.490 e. The molecule has 0 bridgehead atoms. The fourth-order valence-corrected chi connectivity index (χ4v) is 2.27. The number of benzene rings is 1. The van der Waals surface area contributed by atoms with E-state index in [0.29, 0.717) is 30.4 Å². The molecular weight excluding hydrogens is 353 g/mol. The van der Waals surface area contributed by atoms with Crippen LogP contribution < -0.4 is 19.5 Å². The van der Waals surface area contributed by atoms with Gasteiger partial charge in [0.15, 0.2) is 18.1 Å². The van der Waals surface area contributed by atoms with Gasteiger partial charge in [-0.05, 0) is 24.3 Å². The van der Waals surface area contributed by atoms with Gasteiger partial charge in [0.05, 0.1) is 13.2 Å². The van der Waals surface area contributed by atoms with E-state index in [1.807, 2.05) is 0 Å². The van der Waals surface area contributed by atoms with Crippen LogP contribution in [0.2, 0.25) is 0 Å². The molecule has 1 amide bonds. The van der Waals surface area contributed by atoms with Crippen molar-refractivity contribution < 1.29 is 32.2 Å². The molecule has 2 heterocycles. The topological polar surface area (TPSA) is 69.7 Å². The van der Waals surface area contributed by atoms with E-state index in [1.165, 1.54) is 18.3 Å². The Bertz CT molecular complexity index is 796. The SMILES string of the molecule is O=C(Nc1ccc2c(c1)OCCCO2)c1cccnc1OCC(F)(F)F. The van der Waals surface area contributed by atoms with Crippen LogP contribution in [0.1, 0.15) is 16.8 Å². The van der Waals surface area contributed by atoms with E-state index < -0.39 is 24.6 Å². The van der Waals surface area contributed by atoms with Gasteiger partial charge in [-0.15, -0.1) is 0 Å². The third-order valence-corrected chi connectivity index (χ3v) is 3.39. The number of pyridine rings is 1. The fraction of sp³-hybridized carbons (Fsp3) is 0.294. The van der Waals surface area contributed by atoms with Gasteiger partial charge in [0.25, 0.3) is 5.91 Å². The maximum Gasteiger partial charge on any atom is 0.422 e. The highest BCUT2D eigenvalue weighted by molar-refractivity contribution is 6.05. The Morgan fingerprint density at radius 1 is 1.19 bits per heavy atom. The van der Waals surface area contributed by atoms with Crippen molar-refractivity contribution in [3.8, 4) is 17.4 Å². The Balaban J connectivity index is 1.75. The number of rotatable bonds is 4. The lowest BCUT2D eigenvalue weighted by Crippen LogP contribution is -2.22. The quantitative estimate of drug-likeness (QED) is 0.895. The zero-order valence-corrected chi connectivity index (χ0v) is 13.5. The first-order valence-electron chi connectivity index (χ1n) is 7.78. The van der Waals surface area contributed by atoms with Crippen LogP contribution in [0.3, 0.4) is 0 Å². The van der Waals surface area contributed by atoms with Gasteiger partial charge >= 0.3 is 6.18 Å². The minimum absolute atomic E-state index is 0.108. The van der Waals surface area contributed by atoms with Gasteiger partial charge in [-0.25, -0.2) is 4.98 Å². The van der Waals surface area contributed by atoms with Crippen molar-refractivity contribution in [2.45, 2.75) is 12.6 Å². The second-order valence-electron chi connectivity index (χ2n) is 5.43. The number of carbonyl (C=O) groups excluding carboxylic acids is 1. The van der Waals surface area contributed by atoms with Crippen molar-refractivity contribution in [1.82, 2.24) is 4.98 Å². The molecule has 0 fully saturated rings.